The highest BCUT2D eigenvalue weighted by Gasteiger charge is 2.34. The Morgan fingerprint density at radius 2 is 1.19 bits per heavy atom. The van der Waals surface area contributed by atoms with Crippen molar-refractivity contribution in [2.45, 2.75) is 52.1 Å². The van der Waals surface area contributed by atoms with Gasteiger partial charge in [-0.3, -0.25) is 4.79 Å². The van der Waals surface area contributed by atoms with Crippen LogP contribution in [-0.2, 0) is 0 Å². The summed E-state index contributed by atoms with van der Waals surface area (Å²) in [7, 11) is -3.23. The summed E-state index contributed by atoms with van der Waals surface area (Å²) in [6.07, 6.45) is 1.13. The Bertz CT molecular complexity index is 761. The molecule has 0 bridgehead atoms. The SMILES string of the molecule is C[Si](C)(C)N(/N=C(/CCC(=O)c1ccccc1)c1ccccc1)[Si](C)(C)C. The molecule has 0 amide bonds. The molecule has 0 unspecified atom stereocenters. The summed E-state index contributed by atoms with van der Waals surface area (Å²) in [5.74, 6) is 0.173. The molecule has 27 heavy (non-hydrogen) atoms. The fourth-order valence-electron chi connectivity index (χ4n) is 3.31. The summed E-state index contributed by atoms with van der Waals surface area (Å²) in [6.45, 7) is 14.0. The monoisotopic (exact) mass is 396 g/mol. The molecule has 2 aromatic rings. The first-order chi connectivity index (χ1) is 12.6. The second-order valence-corrected chi connectivity index (χ2v) is 18.8. The van der Waals surface area contributed by atoms with Gasteiger partial charge in [0, 0.05) is 12.0 Å². The summed E-state index contributed by atoms with van der Waals surface area (Å²) >= 11 is 0. The van der Waals surface area contributed by atoms with Gasteiger partial charge in [0.2, 0.25) is 0 Å². The zero-order valence-electron chi connectivity index (χ0n) is 17.5. The van der Waals surface area contributed by atoms with Crippen LogP contribution in [0.2, 0.25) is 39.3 Å². The van der Waals surface area contributed by atoms with Gasteiger partial charge in [0.15, 0.2) is 22.3 Å². The van der Waals surface area contributed by atoms with E-state index in [0.717, 1.165) is 16.8 Å². The molecule has 0 aromatic heterocycles. The Morgan fingerprint density at radius 1 is 0.741 bits per heavy atom. The number of Topliss-reactive ketones (excluding diaryl/α,β-unsaturated/α-hetero) is 1. The highest BCUT2D eigenvalue weighted by molar-refractivity contribution is 6.89. The number of nitrogens with zero attached hydrogens (tertiary/aromatic N) is 2. The van der Waals surface area contributed by atoms with E-state index in [-0.39, 0.29) is 5.78 Å². The lowest BCUT2D eigenvalue weighted by Crippen LogP contribution is -2.56. The zero-order chi connectivity index (χ0) is 20.1. The summed E-state index contributed by atoms with van der Waals surface area (Å²) in [5, 5.41) is 5.18. The zero-order valence-corrected chi connectivity index (χ0v) is 19.5. The summed E-state index contributed by atoms with van der Waals surface area (Å²) < 4.78 is 2.43. The number of hydrogen-bond donors (Lipinski definition) is 0. The van der Waals surface area contributed by atoms with Gasteiger partial charge in [-0.2, -0.15) is 5.10 Å². The largest absolute Gasteiger partial charge is 0.350 e. The second-order valence-electron chi connectivity index (χ2n) is 8.86. The smallest absolute Gasteiger partial charge is 0.163 e. The molecule has 0 aliphatic heterocycles. The van der Waals surface area contributed by atoms with E-state index in [1.54, 1.807) is 0 Å². The molecular weight excluding hydrogens is 364 g/mol. The van der Waals surface area contributed by atoms with Crippen molar-refractivity contribution in [1.29, 1.82) is 0 Å². The van der Waals surface area contributed by atoms with Gasteiger partial charge in [-0.15, -0.1) is 0 Å². The van der Waals surface area contributed by atoms with E-state index < -0.39 is 16.5 Å². The molecule has 0 saturated heterocycles. The lowest BCUT2D eigenvalue weighted by molar-refractivity contribution is 0.0985. The minimum absolute atomic E-state index is 0.173. The van der Waals surface area contributed by atoms with Crippen LogP contribution in [0.5, 0.6) is 0 Å². The van der Waals surface area contributed by atoms with E-state index in [0.29, 0.717) is 12.8 Å². The topological polar surface area (TPSA) is 32.7 Å². The average Bonchev–Trinajstić information content (AvgIpc) is 2.61. The Kier molecular flexibility index (Phi) is 6.95. The third kappa shape index (κ3) is 6.29. The van der Waals surface area contributed by atoms with Crippen LogP contribution in [-0.4, -0.2) is 32.3 Å². The van der Waals surface area contributed by atoms with Crippen LogP contribution in [0.15, 0.2) is 65.8 Å². The Hall–Kier alpha value is -1.99. The molecule has 0 heterocycles. The summed E-state index contributed by atoms with van der Waals surface area (Å²) in [5.41, 5.74) is 2.90. The first kappa shape index (κ1) is 21.3. The highest BCUT2D eigenvalue weighted by Crippen LogP contribution is 2.22. The minimum Gasteiger partial charge on any atom is -0.350 e. The number of ketones is 1. The summed E-state index contributed by atoms with van der Waals surface area (Å²) in [4.78, 5) is 12.6. The lowest BCUT2D eigenvalue weighted by atomic mass is 10.0. The third-order valence-electron chi connectivity index (χ3n) is 4.28. The van der Waals surface area contributed by atoms with Crippen molar-refractivity contribution in [2.75, 3.05) is 0 Å². The normalized spacial score (nSPS) is 12.7. The van der Waals surface area contributed by atoms with Crippen LogP contribution in [0.4, 0.5) is 0 Å². The number of hydrazone groups is 1. The van der Waals surface area contributed by atoms with Gasteiger partial charge in [-0.1, -0.05) is 99.9 Å². The van der Waals surface area contributed by atoms with Crippen LogP contribution in [0.25, 0.3) is 0 Å². The van der Waals surface area contributed by atoms with E-state index in [2.05, 4.69) is 55.8 Å². The number of rotatable bonds is 8. The van der Waals surface area contributed by atoms with E-state index in [1.165, 1.54) is 0 Å². The number of hydrogen-bond acceptors (Lipinski definition) is 3. The van der Waals surface area contributed by atoms with Crippen molar-refractivity contribution in [2.24, 2.45) is 5.10 Å². The first-order valence-corrected chi connectivity index (χ1v) is 16.5. The van der Waals surface area contributed by atoms with Gasteiger partial charge in [0.05, 0.1) is 5.71 Å². The van der Waals surface area contributed by atoms with Gasteiger partial charge in [0.25, 0.3) is 0 Å². The molecule has 2 aromatic carbocycles. The molecule has 0 aliphatic rings. The van der Waals surface area contributed by atoms with Crippen molar-refractivity contribution < 1.29 is 4.79 Å². The fourth-order valence-corrected chi connectivity index (χ4v) is 12.2. The molecule has 5 heteroatoms. The highest BCUT2D eigenvalue weighted by atomic mass is 28.4. The molecule has 0 fully saturated rings. The van der Waals surface area contributed by atoms with Crippen LogP contribution >= 0.6 is 0 Å². The maximum absolute atomic E-state index is 12.6. The third-order valence-corrected chi connectivity index (χ3v) is 11.0. The van der Waals surface area contributed by atoms with Gasteiger partial charge in [-0.05, 0) is 12.0 Å². The first-order valence-electron chi connectivity index (χ1n) is 9.60. The van der Waals surface area contributed by atoms with Crippen LogP contribution in [0.3, 0.4) is 0 Å². The molecule has 144 valence electrons. The number of carbonyl (C=O) groups is 1. The van der Waals surface area contributed by atoms with E-state index >= 15 is 0 Å². The van der Waals surface area contributed by atoms with Crippen LogP contribution in [0, 0.1) is 0 Å². The van der Waals surface area contributed by atoms with Crippen molar-refractivity contribution in [3.05, 3.63) is 71.8 Å². The van der Waals surface area contributed by atoms with Gasteiger partial charge < -0.3 is 4.34 Å². The molecule has 0 saturated carbocycles. The van der Waals surface area contributed by atoms with Gasteiger partial charge in [0.1, 0.15) is 0 Å². The lowest BCUT2D eigenvalue weighted by Gasteiger charge is -2.42. The maximum atomic E-state index is 12.6. The predicted octanol–water partition coefficient (Wildman–Crippen LogP) is 6.03. The van der Waals surface area contributed by atoms with Crippen LogP contribution in [0.1, 0.15) is 28.8 Å². The quantitative estimate of drug-likeness (QED) is 0.236. The summed E-state index contributed by atoms with van der Waals surface area (Å²) in [6, 6.07) is 19.8. The van der Waals surface area contributed by atoms with E-state index in [1.807, 2.05) is 48.5 Å². The second kappa shape index (κ2) is 8.80. The Morgan fingerprint density at radius 3 is 1.63 bits per heavy atom. The number of benzene rings is 2. The molecule has 0 atom stereocenters. The van der Waals surface area contributed by atoms with Gasteiger partial charge >= 0.3 is 0 Å². The van der Waals surface area contributed by atoms with Crippen LogP contribution < -0.4 is 0 Å². The predicted molar refractivity (Wildman–Crippen MR) is 122 cm³/mol. The van der Waals surface area contributed by atoms with Crippen molar-refractivity contribution in [1.82, 2.24) is 4.34 Å². The molecule has 0 spiro atoms. The Balaban J connectivity index is 2.33. The molecule has 3 nitrogen and oxygen atoms in total. The maximum Gasteiger partial charge on any atom is 0.163 e. The fraction of sp³-hybridized carbons (Fsp3) is 0.364. The Labute approximate surface area is 166 Å². The molecule has 0 aliphatic carbocycles. The van der Waals surface area contributed by atoms with Crippen molar-refractivity contribution in [3.8, 4) is 0 Å². The van der Waals surface area contributed by atoms with Crippen molar-refractivity contribution in [3.63, 3.8) is 0 Å². The average molecular weight is 397 g/mol. The molecular formula is C22H32N2OSi2. The van der Waals surface area contributed by atoms with E-state index in [9.17, 15) is 4.79 Å². The standard InChI is InChI=1S/C22H32N2OSi2/c1-26(2,3)24(27(4,5)6)23-21(19-13-9-7-10-14-19)17-18-22(25)20-15-11-8-12-16-20/h7-16H,17-18H2,1-6H3/b23-21-. The van der Waals surface area contributed by atoms with E-state index in [4.69, 9.17) is 5.10 Å². The van der Waals surface area contributed by atoms with Crippen molar-refractivity contribution >= 4 is 28.0 Å². The van der Waals surface area contributed by atoms with Gasteiger partial charge in [-0.25, -0.2) is 0 Å². The number of carbonyl (C=O) groups excluding carboxylic acids is 1. The molecule has 2 rings (SSSR count). The molecule has 0 radical (unpaired) electrons. The minimum atomic E-state index is -1.62. The molecule has 0 N–H and O–H groups in total.